The number of ether oxygens (including phenoxy) is 1. The summed E-state index contributed by atoms with van der Waals surface area (Å²) >= 11 is 12.2. The summed E-state index contributed by atoms with van der Waals surface area (Å²) < 4.78 is 18.4. The molecule has 2 N–H and O–H groups in total. The van der Waals surface area contributed by atoms with E-state index in [2.05, 4.69) is 10.6 Å². The monoisotopic (exact) mass is 483 g/mol. The molecule has 3 aromatic rings. The van der Waals surface area contributed by atoms with Gasteiger partial charge in [0.2, 0.25) is 0 Å². The molecule has 0 aliphatic carbocycles. The highest BCUT2D eigenvalue weighted by Gasteiger charge is 2.12. The Bertz CT molecular complexity index is 1250. The fraction of sp³-hybridized carbons (Fsp3) is 0.0417. The van der Waals surface area contributed by atoms with Gasteiger partial charge >= 0.3 is 0 Å². The second-order valence-electron chi connectivity index (χ2n) is 6.64. The normalized spacial score (nSPS) is 10.8. The summed E-state index contributed by atoms with van der Waals surface area (Å²) in [5, 5.41) is 15.1. The van der Waals surface area contributed by atoms with Crippen molar-refractivity contribution in [1.82, 2.24) is 0 Å². The molecule has 0 radical (unpaired) electrons. The maximum absolute atomic E-state index is 13.0. The maximum Gasteiger partial charge on any atom is 0.266 e. The van der Waals surface area contributed by atoms with Gasteiger partial charge in [-0.05, 0) is 60.2 Å². The molecule has 0 aliphatic heterocycles. The summed E-state index contributed by atoms with van der Waals surface area (Å²) in [7, 11) is 0. The van der Waals surface area contributed by atoms with Crippen molar-refractivity contribution in [3.63, 3.8) is 0 Å². The predicted octanol–water partition coefficient (Wildman–Crippen LogP) is 5.70. The smallest absolute Gasteiger partial charge is 0.266 e. The van der Waals surface area contributed by atoms with Crippen LogP contribution in [0.5, 0.6) is 5.75 Å². The quantitative estimate of drug-likeness (QED) is 0.333. The van der Waals surface area contributed by atoms with Crippen LogP contribution in [0.15, 0.2) is 72.3 Å². The second kappa shape index (κ2) is 11.1. The average Bonchev–Trinajstić information content (AvgIpc) is 2.80. The number of anilines is 2. The first kappa shape index (κ1) is 23.8. The average molecular weight is 484 g/mol. The van der Waals surface area contributed by atoms with E-state index in [0.717, 1.165) is 0 Å². The van der Waals surface area contributed by atoms with E-state index in [4.69, 9.17) is 27.9 Å². The molecule has 3 rings (SSSR count). The number of benzene rings is 3. The Morgan fingerprint density at radius 1 is 1.00 bits per heavy atom. The molecular formula is C24H16Cl2FN3O3. The lowest BCUT2D eigenvalue weighted by Crippen LogP contribution is -2.20. The molecule has 0 heterocycles. The summed E-state index contributed by atoms with van der Waals surface area (Å²) in [6.07, 6.45) is 1.35. The molecule has 166 valence electrons. The van der Waals surface area contributed by atoms with Crippen LogP contribution in [0.4, 0.5) is 15.8 Å². The Kier molecular flexibility index (Phi) is 8.03. The van der Waals surface area contributed by atoms with Crippen LogP contribution in [0.3, 0.4) is 0 Å². The van der Waals surface area contributed by atoms with Crippen molar-refractivity contribution in [2.24, 2.45) is 0 Å². The van der Waals surface area contributed by atoms with Gasteiger partial charge in [-0.3, -0.25) is 9.59 Å². The van der Waals surface area contributed by atoms with Gasteiger partial charge in [0.1, 0.15) is 23.2 Å². The van der Waals surface area contributed by atoms with E-state index in [-0.39, 0.29) is 23.0 Å². The molecule has 0 saturated carbocycles. The Labute approximate surface area is 199 Å². The molecule has 9 heteroatoms. The first-order chi connectivity index (χ1) is 15.9. The molecule has 33 heavy (non-hydrogen) atoms. The standard InChI is InChI=1S/C24H16Cl2FN3O3/c25-19-3-1-2-4-21(19)30-23(31)14-33-22-10-5-15(12-20(22)26)11-16(13-28)24(32)29-18-8-6-17(27)7-9-18/h1-12H,14H2,(H,29,32)(H,30,31)/b16-11+. The lowest BCUT2D eigenvalue weighted by molar-refractivity contribution is -0.118. The Balaban J connectivity index is 1.63. The zero-order valence-electron chi connectivity index (χ0n) is 16.9. The van der Waals surface area contributed by atoms with Crippen LogP contribution in [0, 0.1) is 17.1 Å². The maximum atomic E-state index is 13.0. The molecule has 0 atom stereocenters. The number of rotatable bonds is 7. The van der Waals surface area contributed by atoms with Crippen molar-refractivity contribution in [2.75, 3.05) is 17.2 Å². The van der Waals surface area contributed by atoms with E-state index in [1.807, 2.05) is 6.07 Å². The molecule has 0 aromatic heterocycles. The number of nitriles is 1. The van der Waals surface area contributed by atoms with Gasteiger partial charge in [0.05, 0.1) is 15.7 Å². The molecule has 0 bridgehead atoms. The van der Waals surface area contributed by atoms with Gasteiger partial charge in [0, 0.05) is 5.69 Å². The number of nitrogens with zero attached hydrogens (tertiary/aromatic N) is 1. The highest BCUT2D eigenvalue weighted by atomic mass is 35.5. The fourth-order valence-corrected chi connectivity index (χ4v) is 3.09. The van der Waals surface area contributed by atoms with Crippen LogP contribution < -0.4 is 15.4 Å². The van der Waals surface area contributed by atoms with Crippen LogP contribution >= 0.6 is 23.2 Å². The van der Waals surface area contributed by atoms with Gasteiger partial charge in [-0.25, -0.2) is 4.39 Å². The van der Waals surface area contributed by atoms with Gasteiger partial charge < -0.3 is 15.4 Å². The van der Waals surface area contributed by atoms with Gasteiger partial charge in [0.25, 0.3) is 11.8 Å². The van der Waals surface area contributed by atoms with Crippen molar-refractivity contribution in [3.8, 4) is 11.8 Å². The van der Waals surface area contributed by atoms with Crippen LogP contribution in [-0.4, -0.2) is 18.4 Å². The zero-order chi connectivity index (χ0) is 23.8. The summed E-state index contributed by atoms with van der Waals surface area (Å²) in [6, 6.07) is 18.4. The number of hydrogen-bond acceptors (Lipinski definition) is 4. The van der Waals surface area contributed by atoms with Gasteiger partial charge in [-0.2, -0.15) is 5.26 Å². The molecule has 6 nitrogen and oxygen atoms in total. The lowest BCUT2D eigenvalue weighted by Gasteiger charge is -2.10. The molecule has 0 unspecified atom stereocenters. The van der Waals surface area contributed by atoms with Crippen molar-refractivity contribution in [1.29, 1.82) is 5.26 Å². The van der Waals surface area contributed by atoms with Crippen molar-refractivity contribution >= 4 is 52.5 Å². The SMILES string of the molecule is N#C/C(=C\c1ccc(OCC(=O)Nc2ccccc2Cl)c(Cl)c1)C(=O)Nc1ccc(F)cc1. The molecule has 3 aromatic carbocycles. The Morgan fingerprint density at radius 2 is 1.73 bits per heavy atom. The predicted molar refractivity (Wildman–Crippen MR) is 126 cm³/mol. The first-order valence-corrected chi connectivity index (χ1v) is 10.3. The minimum absolute atomic E-state index is 0.178. The summed E-state index contributed by atoms with van der Waals surface area (Å²) in [5.41, 5.74) is 1.10. The third-order valence-electron chi connectivity index (χ3n) is 4.24. The number of hydrogen-bond donors (Lipinski definition) is 2. The van der Waals surface area contributed by atoms with Crippen molar-refractivity contribution < 1.29 is 18.7 Å². The van der Waals surface area contributed by atoms with Crippen molar-refractivity contribution in [3.05, 3.63) is 93.7 Å². The molecule has 0 spiro atoms. The molecule has 0 saturated heterocycles. The minimum Gasteiger partial charge on any atom is -0.482 e. The number of amides is 2. The van der Waals surface area contributed by atoms with Gasteiger partial charge in [0.15, 0.2) is 6.61 Å². The Hall–Kier alpha value is -3.86. The van der Waals surface area contributed by atoms with E-state index < -0.39 is 17.6 Å². The third kappa shape index (κ3) is 6.81. The number of carbonyl (C=O) groups excluding carboxylic acids is 2. The number of nitrogens with one attached hydrogen (secondary N) is 2. The Morgan fingerprint density at radius 3 is 2.39 bits per heavy atom. The number of para-hydroxylation sites is 1. The molecule has 0 aliphatic rings. The van der Waals surface area contributed by atoms with Crippen LogP contribution in [-0.2, 0) is 9.59 Å². The topological polar surface area (TPSA) is 91.2 Å². The summed E-state index contributed by atoms with van der Waals surface area (Å²) in [6.45, 7) is -0.302. The van der Waals surface area contributed by atoms with E-state index in [1.165, 1.54) is 42.5 Å². The number of carbonyl (C=O) groups is 2. The lowest BCUT2D eigenvalue weighted by atomic mass is 10.1. The van der Waals surface area contributed by atoms with Crippen LogP contribution in [0.2, 0.25) is 10.0 Å². The first-order valence-electron chi connectivity index (χ1n) is 9.51. The molecule has 2 amide bonds. The summed E-state index contributed by atoms with van der Waals surface area (Å²) in [5.74, 6) is -1.27. The minimum atomic E-state index is -0.656. The molecular weight excluding hydrogens is 468 g/mol. The zero-order valence-corrected chi connectivity index (χ0v) is 18.5. The number of halogens is 3. The molecule has 0 fully saturated rings. The highest BCUT2D eigenvalue weighted by molar-refractivity contribution is 6.33. The van der Waals surface area contributed by atoms with Gasteiger partial charge in [-0.15, -0.1) is 0 Å². The van der Waals surface area contributed by atoms with Crippen LogP contribution in [0.1, 0.15) is 5.56 Å². The van der Waals surface area contributed by atoms with E-state index >= 15 is 0 Å². The van der Waals surface area contributed by atoms with E-state index in [0.29, 0.717) is 22.0 Å². The van der Waals surface area contributed by atoms with E-state index in [1.54, 1.807) is 30.3 Å². The van der Waals surface area contributed by atoms with Crippen LogP contribution in [0.25, 0.3) is 6.08 Å². The fourth-order valence-electron chi connectivity index (χ4n) is 2.66. The largest absolute Gasteiger partial charge is 0.482 e. The third-order valence-corrected chi connectivity index (χ3v) is 4.87. The van der Waals surface area contributed by atoms with Gasteiger partial charge in [-0.1, -0.05) is 41.4 Å². The van der Waals surface area contributed by atoms with E-state index in [9.17, 15) is 19.2 Å². The summed E-state index contributed by atoms with van der Waals surface area (Å²) in [4.78, 5) is 24.4. The van der Waals surface area contributed by atoms with Crippen molar-refractivity contribution in [2.45, 2.75) is 0 Å². The second-order valence-corrected chi connectivity index (χ2v) is 7.45. The highest BCUT2D eigenvalue weighted by Crippen LogP contribution is 2.27.